The number of ketones is 1. The molecule has 0 fully saturated rings. The highest BCUT2D eigenvalue weighted by Crippen LogP contribution is 2.23. The van der Waals surface area contributed by atoms with E-state index in [-0.39, 0.29) is 12.4 Å². The Balaban J connectivity index is 1.67. The van der Waals surface area contributed by atoms with Crippen molar-refractivity contribution >= 4 is 12.1 Å². The predicted octanol–water partition coefficient (Wildman–Crippen LogP) is 3.25. The van der Waals surface area contributed by atoms with Crippen LogP contribution in [-0.4, -0.2) is 18.7 Å². The van der Waals surface area contributed by atoms with Crippen molar-refractivity contribution < 1.29 is 14.3 Å². The van der Waals surface area contributed by atoms with Gasteiger partial charge in [-0.25, -0.2) is 0 Å². The minimum atomic E-state index is -0.0405. The molecule has 0 saturated carbocycles. The van der Waals surface area contributed by atoms with Gasteiger partial charge >= 0.3 is 0 Å². The average Bonchev–Trinajstić information content (AvgIpc) is 3.00. The highest BCUT2D eigenvalue weighted by atomic mass is 16.5. The Morgan fingerprint density at radius 1 is 1.10 bits per heavy atom. The third kappa shape index (κ3) is 3.02. The monoisotopic (exact) mass is 280 g/mol. The summed E-state index contributed by atoms with van der Waals surface area (Å²) in [5.74, 6) is 0.496. The first-order valence-electron chi connectivity index (χ1n) is 7.09. The van der Waals surface area contributed by atoms with Gasteiger partial charge in [0.2, 0.25) is 0 Å². The molecule has 0 aliphatic heterocycles. The average molecular weight is 280 g/mol. The van der Waals surface area contributed by atoms with Crippen molar-refractivity contribution in [2.75, 3.05) is 6.61 Å². The van der Waals surface area contributed by atoms with Crippen molar-refractivity contribution in [2.24, 2.45) is 0 Å². The van der Waals surface area contributed by atoms with Crippen LogP contribution in [0.4, 0.5) is 0 Å². The summed E-state index contributed by atoms with van der Waals surface area (Å²) in [4.78, 5) is 22.9. The van der Waals surface area contributed by atoms with Gasteiger partial charge < -0.3 is 4.74 Å². The minimum absolute atomic E-state index is 0.0128. The largest absolute Gasteiger partial charge is 0.485 e. The van der Waals surface area contributed by atoms with Gasteiger partial charge in [0.1, 0.15) is 12.0 Å². The van der Waals surface area contributed by atoms with Gasteiger partial charge in [-0.15, -0.1) is 0 Å². The van der Waals surface area contributed by atoms with Crippen LogP contribution in [0.1, 0.15) is 38.3 Å². The zero-order valence-electron chi connectivity index (χ0n) is 11.7. The molecule has 0 amide bonds. The molecule has 2 aromatic carbocycles. The molecule has 0 heterocycles. The van der Waals surface area contributed by atoms with E-state index in [9.17, 15) is 9.59 Å². The van der Waals surface area contributed by atoms with Crippen LogP contribution in [0.25, 0.3) is 0 Å². The van der Waals surface area contributed by atoms with E-state index in [1.807, 2.05) is 18.2 Å². The smallest absolute Gasteiger partial charge is 0.200 e. The van der Waals surface area contributed by atoms with Crippen molar-refractivity contribution in [2.45, 2.75) is 19.3 Å². The van der Waals surface area contributed by atoms with E-state index in [0.29, 0.717) is 16.9 Å². The summed E-state index contributed by atoms with van der Waals surface area (Å²) in [5.41, 5.74) is 3.87. The van der Waals surface area contributed by atoms with Crippen LogP contribution in [0.15, 0.2) is 42.5 Å². The zero-order chi connectivity index (χ0) is 14.7. The van der Waals surface area contributed by atoms with Crippen LogP contribution in [0, 0.1) is 0 Å². The molecule has 0 unspecified atom stereocenters. The van der Waals surface area contributed by atoms with Crippen molar-refractivity contribution in [1.29, 1.82) is 0 Å². The molecular weight excluding hydrogens is 264 g/mol. The van der Waals surface area contributed by atoms with Gasteiger partial charge in [-0.3, -0.25) is 9.59 Å². The summed E-state index contributed by atoms with van der Waals surface area (Å²) >= 11 is 0. The molecule has 3 heteroatoms. The topological polar surface area (TPSA) is 43.4 Å². The fraction of sp³-hybridized carbons (Fsp3) is 0.222. The fourth-order valence-corrected chi connectivity index (χ4v) is 2.66. The number of carbonyl (C=O) groups excluding carboxylic acids is 2. The van der Waals surface area contributed by atoms with Gasteiger partial charge in [-0.1, -0.05) is 24.3 Å². The molecule has 0 saturated heterocycles. The molecule has 0 radical (unpaired) electrons. The normalized spacial score (nSPS) is 12.8. The summed E-state index contributed by atoms with van der Waals surface area (Å²) < 4.78 is 5.48. The number of rotatable bonds is 5. The van der Waals surface area contributed by atoms with Gasteiger partial charge in [0.05, 0.1) is 0 Å². The van der Waals surface area contributed by atoms with E-state index in [4.69, 9.17) is 4.74 Å². The molecule has 3 rings (SSSR count). The number of aldehydes is 1. The maximum absolute atomic E-state index is 12.2. The quantitative estimate of drug-likeness (QED) is 0.623. The lowest BCUT2D eigenvalue weighted by Crippen LogP contribution is -2.12. The van der Waals surface area contributed by atoms with Crippen LogP contribution in [0.3, 0.4) is 0 Å². The first-order valence-corrected chi connectivity index (χ1v) is 7.09. The maximum Gasteiger partial charge on any atom is 0.200 e. The van der Waals surface area contributed by atoms with E-state index in [0.717, 1.165) is 19.1 Å². The minimum Gasteiger partial charge on any atom is -0.485 e. The highest BCUT2D eigenvalue weighted by molar-refractivity contribution is 5.97. The second-order valence-corrected chi connectivity index (χ2v) is 5.24. The van der Waals surface area contributed by atoms with Gasteiger partial charge in [-0.05, 0) is 48.6 Å². The molecule has 3 nitrogen and oxygen atoms in total. The lowest BCUT2D eigenvalue weighted by atomic mass is 10.0. The van der Waals surface area contributed by atoms with Crippen molar-refractivity contribution in [3.63, 3.8) is 0 Å². The molecule has 21 heavy (non-hydrogen) atoms. The van der Waals surface area contributed by atoms with Gasteiger partial charge in [0, 0.05) is 11.1 Å². The number of aryl methyl sites for hydroxylation is 2. The molecule has 2 aromatic rings. The van der Waals surface area contributed by atoms with Crippen LogP contribution in [0.5, 0.6) is 5.75 Å². The van der Waals surface area contributed by atoms with E-state index >= 15 is 0 Å². The summed E-state index contributed by atoms with van der Waals surface area (Å²) in [5, 5.41) is 0. The first-order chi connectivity index (χ1) is 10.3. The lowest BCUT2D eigenvalue weighted by Gasteiger charge is -2.07. The molecule has 0 bridgehead atoms. The van der Waals surface area contributed by atoms with Crippen molar-refractivity contribution in [3.05, 3.63) is 64.7 Å². The fourth-order valence-electron chi connectivity index (χ4n) is 2.66. The first kappa shape index (κ1) is 13.6. The van der Waals surface area contributed by atoms with Crippen LogP contribution >= 0.6 is 0 Å². The molecule has 0 spiro atoms. The van der Waals surface area contributed by atoms with E-state index in [1.54, 1.807) is 24.3 Å². The van der Waals surface area contributed by atoms with Crippen molar-refractivity contribution in [3.8, 4) is 5.75 Å². The molecule has 1 aliphatic carbocycles. The van der Waals surface area contributed by atoms with Crippen LogP contribution in [0.2, 0.25) is 0 Å². The second kappa shape index (κ2) is 5.92. The Morgan fingerprint density at radius 3 is 2.81 bits per heavy atom. The third-order valence-corrected chi connectivity index (χ3v) is 3.78. The number of hydrogen-bond acceptors (Lipinski definition) is 3. The van der Waals surface area contributed by atoms with E-state index in [2.05, 4.69) is 0 Å². The lowest BCUT2D eigenvalue weighted by molar-refractivity contribution is 0.0921. The van der Waals surface area contributed by atoms with Gasteiger partial charge in [0.15, 0.2) is 12.4 Å². The number of Topliss-reactive ketones (excluding diaryl/α,β-unsaturated/α-hetero) is 1. The Hall–Kier alpha value is -2.42. The maximum atomic E-state index is 12.2. The van der Waals surface area contributed by atoms with E-state index in [1.165, 1.54) is 17.5 Å². The molecule has 1 aliphatic rings. The zero-order valence-corrected chi connectivity index (χ0v) is 11.7. The molecule has 0 N–H and O–H groups in total. The summed E-state index contributed by atoms with van der Waals surface area (Å²) in [6, 6.07) is 12.7. The Labute approximate surface area is 123 Å². The van der Waals surface area contributed by atoms with Crippen LogP contribution < -0.4 is 4.74 Å². The molecule has 0 atom stereocenters. The van der Waals surface area contributed by atoms with Crippen molar-refractivity contribution in [1.82, 2.24) is 0 Å². The van der Waals surface area contributed by atoms with Crippen LogP contribution in [-0.2, 0) is 12.8 Å². The molecule has 0 aromatic heterocycles. The standard InChI is InChI=1S/C18H16O3/c19-11-13-3-1-6-17(9-13)21-12-18(20)16-8-7-14-4-2-5-15(14)10-16/h1,3,6-11H,2,4-5,12H2. The Bertz CT molecular complexity index is 689. The number of hydrogen-bond donors (Lipinski definition) is 0. The predicted molar refractivity (Wildman–Crippen MR) is 80.1 cm³/mol. The SMILES string of the molecule is O=Cc1cccc(OCC(=O)c2ccc3c(c2)CCC3)c1. The number of benzene rings is 2. The Kier molecular flexibility index (Phi) is 3.82. The highest BCUT2D eigenvalue weighted by Gasteiger charge is 2.14. The number of fused-ring (bicyclic) bond motifs is 1. The summed E-state index contributed by atoms with van der Waals surface area (Å²) in [6.45, 7) is -0.0128. The number of carbonyl (C=O) groups is 2. The van der Waals surface area contributed by atoms with Gasteiger partial charge in [-0.2, -0.15) is 0 Å². The summed E-state index contributed by atoms with van der Waals surface area (Å²) in [6.07, 6.45) is 4.09. The third-order valence-electron chi connectivity index (χ3n) is 3.78. The van der Waals surface area contributed by atoms with E-state index < -0.39 is 0 Å². The molecule has 106 valence electrons. The second-order valence-electron chi connectivity index (χ2n) is 5.24. The van der Waals surface area contributed by atoms with Gasteiger partial charge in [0.25, 0.3) is 0 Å². The summed E-state index contributed by atoms with van der Waals surface area (Å²) in [7, 11) is 0. The Morgan fingerprint density at radius 2 is 1.95 bits per heavy atom. The molecular formula is C18H16O3. The number of ether oxygens (including phenoxy) is 1.